The van der Waals surface area contributed by atoms with E-state index in [1.807, 2.05) is 6.20 Å². The van der Waals surface area contributed by atoms with Gasteiger partial charge in [0.1, 0.15) is 5.82 Å². The molecule has 0 unspecified atom stereocenters. The second-order valence-electron chi connectivity index (χ2n) is 6.09. The van der Waals surface area contributed by atoms with E-state index in [0.717, 1.165) is 33.8 Å². The molecule has 4 heteroatoms. The second kappa shape index (κ2) is 5.49. The molecular formula is C14H20Br2N2. The molecule has 0 spiro atoms. The van der Waals surface area contributed by atoms with Crippen molar-refractivity contribution in [2.45, 2.75) is 33.6 Å². The van der Waals surface area contributed by atoms with Gasteiger partial charge in [-0.1, -0.05) is 20.8 Å². The van der Waals surface area contributed by atoms with Crippen molar-refractivity contribution in [1.29, 1.82) is 0 Å². The molecule has 1 aromatic rings. The summed E-state index contributed by atoms with van der Waals surface area (Å²) in [5.74, 6) is 1.90. The number of hydrogen-bond donors (Lipinski definition) is 0. The number of pyridine rings is 1. The van der Waals surface area contributed by atoms with Crippen molar-refractivity contribution >= 4 is 37.7 Å². The third kappa shape index (κ3) is 3.27. The van der Waals surface area contributed by atoms with E-state index < -0.39 is 0 Å². The molecule has 18 heavy (non-hydrogen) atoms. The van der Waals surface area contributed by atoms with Gasteiger partial charge in [0.05, 0.1) is 4.47 Å². The van der Waals surface area contributed by atoms with Crippen LogP contribution in [0.1, 0.15) is 33.6 Å². The van der Waals surface area contributed by atoms with Gasteiger partial charge in [-0.3, -0.25) is 0 Å². The van der Waals surface area contributed by atoms with Crippen LogP contribution in [-0.2, 0) is 0 Å². The van der Waals surface area contributed by atoms with E-state index in [0.29, 0.717) is 5.41 Å². The fraction of sp³-hybridized carbons (Fsp3) is 0.643. The Bertz CT molecular complexity index is 418. The van der Waals surface area contributed by atoms with Crippen molar-refractivity contribution in [1.82, 2.24) is 4.98 Å². The Morgan fingerprint density at radius 2 is 1.83 bits per heavy atom. The Hall–Kier alpha value is -0.0900. The fourth-order valence-electron chi connectivity index (χ4n) is 2.60. The average molecular weight is 376 g/mol. The van der Waals surface area contributed by atoms with Crippen molar-refractivity contribution in [2.24, 2.45) is 11.3 Å². The number of halogens is 2. The number of nitrogens with zero attached hydrogens (tertiary/aromatic N) is 2. The molecule has 0 bridgehead atoms. The van der Waals surface area contributed by atoms with Gasteiger partial charge in [0.15, 0.2) is 0 Å². The van der Waals surface area contributed by atoms with Crippen molar-refractivity contribution in [2.75, 3.05) is 18.0 Å². The van der Waals surface area contributed by atoms with Crippen molar-refractivity contribution < 1.29 is 0 Å². The van der Waals surface area contributed by atoms with Crippen molar-refractivity contribution in [3.05, 3.63) is 21.2 Å². The van der Waals surface area contributed by atoms with E-state index in [4.69, 9.17) is 0 Å². The van der Waals surface area contributed by atoms with Crippen molar-refractivity contribution in [3.63, 3.8) is 0 Å². The molecule has 0 aliphatic carbocycles. The van der Waals surface area contributed by atoms with E-state index >= 15 is 0 Å². The van der Waals surface area contributed by atoms with E-state index in [2.05, 4.69) is 68.6 Å². The van der Waals surface area contributed by atoms with Crippen molar-refractivity contribution in [3.8, 4) is 0 Å². The van der Waals surface area contributed by atoms with Gasteiger partial charge < -0.3 is 4.90 Å². The Balaban J connectivity index is 2.06. The molecule has 2 nitrogen and oxygen atoms in total. The number of rotatable bonds is 1. The largest absolute Gasteiger partial charge is 0.356 e. The highest BCUT2D eigenvalue weighted by molar-refractivity contribution is 9.11. The van der Waals surface area contributed by atoms with Gasteiger partial charge in [0, 0.05) is 23.8 Å². The first-order valence-electron chi connectivity index (χ1n) is 6.44. The normalized spacial score (nSPS) is 18.2. The predicted molar refractivity (Wildman–Crippen MR) is 84.0 cm³/mol. The fourth-order valence-corrected chi connectivity index (χ4v) is 3.84. The highest BCUT2D eigenvalue weighted by Gasteiger charge is 2.29. The summed E-state index contributed by atoms with van der Waals surface area (Å²) in [5.41, 5.74) is 0.427. The molecule has 1 aromatic heterocycles. The highest BCUT2D eigenvalue weighted by Crippen LogP contribution is 2.36. The first kappa shape index (κ1) is 14.3. The summed E-state index contributed by atoms with van der Waals surface area (Å²) in [6.07, 6.45) is 4.39. The Kier molecular flexibility index (Phi) is 4.37. The average Bonchev–Trinajstić information content (AvgIpc) is 2.28. The van der Waals surface area contributed by atoms with E-state index in [9.17, 15) is 0 Å². The zero-order valence-corrected chi connectivity index (χ0v) is 14.4. The molecule has 1 aliphatic heterocycles. The maximum absolute atomic E-state index is 4.52. The first-order valence-corrected chi connectivity index (χ1v) is 8.02. The Morgan fingerprint density at radius 1 is 1.22 bits per heavy atom. The molecule has 0 N–H and O–H groups in total. The third-order valence-corrected chi connectivity index (χ3v) is 4.82. The molecule has 0 amide bonds. The number of anilines is 1. The van der Waals surface area contributed by atoms with Crippen LogP contribution in [0.2, 0.25) is 0 Å². The molecule has 0 aromatic carbocycles. The SMILES string of the molecule is CC(C)(C)C1CCN(c2ncc(Br)cc2Br)CC1. The standard InChI is InChI=1S/C14H20Br2N2/c1-14(2,3)10-4-6-18(7-5-10)13-12(16)8-11(15)9-17-13/h8-10H,4-7H2,1-3H3. The molecule has 0 saturated carbocycles. The quantitative estimate of drug-likeness (QED) is 0.696. The molecular weight excluding hydrogens is 356 g/mol. The summed E-state index contributed by atoms with van der Waals surface area (Å²) in [7, 11) is 0. The summed E-state index contributed by atoms with van der Waals surface area (Å²) in [5, 5.41) is 0. The monoisotopic (exact) mass is 374 g/mol. The third-order valence-electron chi connectivity index (χ3n) is 3.81. The molecule has 2 rings (SSSR count). The van der Waals surface area contributed by atoms with Gasteiger partial charge in [-0.05, 0) is 62.1 Å². The molecule has 0 radical (unpaired) electrons. The molecule has 0 atom stereocenters. The van der Waals surface area contributed by atoms with Gasteiger partial charge in [-0.25, -0.2) is 4.98 Å². The van der Waals surface area contributed by atoms with E-state index in [-0.39, 0.29) is 0 Å². The molecule has 1 aliphatic rings. The van der Waals surface area contributed by atoms with Gasteiger partial charge >= 0.3 is 0 Å². The number of aromatic nitrogens is 1. The molecule has 1 fully saturated rings. The number of hydrogen-bond acceptors (Lipinski definition) is 2. The topological polar surface area (TPSA) is 16.1 Å². The van der Waals surface area contributed by atoms with E-state index in [1.165, 1.54) is 12.8 Å². The first-order chi connectivity index (χ1) is 8.38. The van der Waals surface area contributed by atoms with Crippen LogP contribution in [0.25, 0.3) is 0 Å². The van der Waals surface area contributed by atoms with Gasteiger partial charge in [0.25, 0.3) is 0 Å². The Morgan fingerprint density at radius 3 is 2.33 bits per heavy atom. The van der Waals surface area contributed by atoms with Crippen LogP contribution in [0.4, 0.5) is 5.82 Å². The van der Waals surface area contributed by atoms with Gasteiger partial charge in [-0.2, -0.15) is 0 Å². The lowest BCUT2D eigenvalue weighted by atomic mass is 9.75. The zero-order valence-electron chi connectivity index (χ0n) is 11.2. The lowest BCUT2D eigenvalue weighted by molar-refractivity contribution is 0.198. The Labute approximate surface area is 126 Å². The number of piperidine rings is 1. The lowest BCUT2D eigenvalue weighted by Crippen LogP contribution is -2.38. The predicted octanol–water partition coefficient (Wildman–Crippen LogP) is 4.87. The molecule has 100 valence electrons. The summed E-state index contributed by atoms with van der Waals surface area (Å²) in [6, 6.07) is 2.07. The zero-order chi connectivity index (χ0) is 13.3. The van der Waals surface area contributed by atoms with Crippen LogP contribution in [-0.4, -0.2) is 18.1 Å². The molecule has 1 saturated heterocycles. The van der Waals surface area contributed by atoms with Gasteiger partial charge in [0.2, 0.25) is 0 Å². The van der Waals surface area contributed by atoms with Crippen LogP contribution in [0, 0.1) is 11.3 Å². The lowest BCUT2D eigenvalue weighted by Gasteiger charge is -2.39. The van der Waals surface area contributed by atoms with Crippen LogP contribution in [0.3, 0.4) is 0 Å². The summed E-state index contributed by atoms with van der Waals surface area (Å²) < 4.78 is 2.09. The summed E-state index contributed by atoms with van der Waals surface area (Å²) in [6.45, 7) is 9.26. The second-order valence-corrected chi connectivity index (χ2v) is 7.86. The minimum absolute atomic E-state index is 0.427. The van der Waals surface area contributed by atoms with Crippen LogP contribution >= 0.6 is 31.9 Å². The smallest absolute Gasteiger partial charge is 0.142 e. The highest BCUT2D eigenvalue weighted by atomic mass is 79.9. The minimum Gasteiger partial charge on any atom is -0.356 e. The summed E-state index contributed by atoms with van der Waals surface area (Å²) >= 11 is 7.05. The van der Waals surface area contributed by atoms with Gasteiger partial charge in [-0.15, -0.1) is 0 Å². The van der Waals surface area contributed by atoms with Crippen LogP contribution in [0.15, 0.2) is 21.2 Å². The minimum atomic E-state index is 0.427. The van der Waals surface area contributed by atoms with Crippen LogP contribution < -0.4 is 4.90 Å². The maximum atomic E-state index is 4.52. The summed E-state index contributed by atoms with van der Waals surface area (Å²) in [4.78, 5) is 6.91. The maximum Gasteiger partial charge on any atom is 0.142 e. The molecule has 2 heterocycles. The van der Waals surface area contributed by atoms with E-state index in [1.54, 1.807) is 0 Å². The van der Waals surface area contributed by atoms with Crippen LogP contribution in [0.5, 0.6) is 0 Å².